The molecule has 1 amide bonds. The molecule has 0 saturated carbocycles. The van der Waals surface area contributed by atoms with Crippen LogP contribution < -0.4 is 10.2 Å². The number of carbonyl (C=O) groups is 3. The van der Waals surface area contributed by atoms with Crippen molar-refractivity contribution in [2.75, 3.05) is 10.2 Å². The highest BCUT2D eigenvalue weighted by Gasteiger charge is 2.70. The number of nitrogens with zero attached hydrogens (tertiary/aromatic N) is 1. The molecule has 3 aliphatic rings. The average molecular weight is 521 g/mol. The van der Waals surface area contributed by atoms with Crippen molar-refractivity contribution in [1.82, 2.24) is 0 Å². The number of rotatable bonds is 4. The van der Waals surface area contributed by atoms with Gasteiger partial charge in [-0.05, 0) is 47.5 Å². The Morgan fingerprint density at radius 3 is 2.50 bits per heavy atom. The Morgan fingerprint density at radius 2 is 1.71 bits per heavy atom. The van der Waals surface area contributed by atoms with Gasteiger partial charge in [-0.25, -0.2) is 0 Å². The van der Waals surface area contributed by atoms with Crippen LogP contribution in [0.1, 0.15) is 32.0 Å². The summed E-state index contributed by atoms with van der Waals surface area (Å²) in [5, 5.41) is 3.57. The number of furan rings is 1. The summed E-state index contributed by atoms with van der Waals surface area (Å²) in [5.74, 6) is -1.91. The molecule has 0 radical (unpaired) electrons. The lowest BCUT2D eigenvalue weighted by molar-refractivity contribution is -0.121. The van der Waals surface area contributed by atoms with Crippen molar-refractivity contribution >= 4 is 46.5 Å². The van der Waals surface area contributed by atoms with Gasteiger partial charge in [0, 0.05) is 22.0 Å². The van der Waals surface area contributed by atoms with E-state index in [0.29, 0.717) is 21.8 Å². The molecule has 1 saturated heterocycles. The van der Waals surface area contributed by atoms with Crippen LogP contribution in [0.15, 0.2) is 102 Å². The molecule has 4 atom stereocenters. The van der Waals surface area contributed by atoms with E-state index in [2.05, 4.69) is 5.32 Å². The Bertz CT molecular complexity index is 1650. The standard InChI is InChI=1S/C31H21ClN2O4/c32-20-13-14-23-19(17-20)12-15-25-31(21-9-4-5-10-22(21)33-30(31)37)26(29(36)24-11-6-16-38-24)27(34(23)25)28(35)18-7-2-1-3-8-18/h1-17,25-27H,(H,33,37)/t25-,26+,27-,31-/m0/s1. The molecule has 6 nitrogen and oxygen atoms in total. The molecule has 0 aliphatic carbocycles. The first kappa shape index (κ1) is 22.8. The monoisotopic (exact) mass is 520 g/mol. The molecular weight excluding hydrogens is 500 g/mol. The molecule has 1 spiro atoms. The first-order valence-corrected chi connectivity index (χ1v) is 12.7. The number of ketones is 2. The summed E-state index contributed by atoms with van der Waals surface area (Å²) in [6.45, 7) is 0. The summed E-state index contributed by atoms with van der Waals surface area (Å²) in [7, 11) is 0. The normalized spacial score (nSPS) is 24.6. The Balaban J connectivity index is 1.55. The molecule has 1 N–H and O–H groups in total. The Labute approximate surface area is 223 Å². The number of halogens is 1. The molecule has 3 aromatic carbocycles. The maximum Gasteiger partial charge on any atom is 0.238 e. The fraction of sp³-hybridized carbons (Fsp3) is 0.129. The van der Waals surface area contributed by atoms with E-state index in [0.717, 1.165) is 11.3 Å². The van der Waals surface area contributed by atoms with E-state index in [4.69, 9.17) is 16.0 Å². The molecule has 186 valence electrons. The van der Waals surface area contributed by atoms with Crippen LogP contribution in [-0.2, 0) is 10.2 Å². The van der Waals surface area contributed by atoms with E-state index in [1.54, 1.807) is 42.5 Å². The van der Waals surface area contributed by atoms with Crippen LogP contribution in [0, 0.1) is 5.92 Å². The Kier molecular flexibility index (Phi) is 4.97. The second-order valence-electron chi connectivity index (χ2n) is 9.78. The van der Waals surface area contributed by atoms with Gasteiger partial charge in [-0.2, -0.15) is 0 Å². The second kappa shape index (κ2) is 8.30. The van der Waals surface area contributed by atoms with Crippen LogP contribution in [0.5, 0.6) is 0 Å². The van der Waals surface area contributed by atoms with Crippen LogP contribution in [-0.4, -0.2) is 29.6 Å². The van der Waals surface area contributed by atoms with Gasteiger partial charge < -0.3 is 14.6 Å². The number of fused-ring (bicyclic) bond motifs is 6. The van der Waals surface area contributed by atoms with Gasteiger partial charge in [-0.1, -0.05) is 72.3 Å². The highest BCUT2D eigenvalue weighted by Crippen LogP contribution is 2.58. The Morgan fingerprint density at radius 1 is 0.921 bits per heavy atom. The van der Waals surface area contributed by atoms with E-state index in [1.165, 1.54) is 6.26 Å². The predicted octanol–water partition coefficient (Wildman–Crippen LogP) is 5.79. The highest BCUT2D eigenvalue weighted by atomic mass is 35.5. The summed E-state index contributed by atoms with van der Waals surface area (Å²) in [4.78, 5) is 44.9. The maximum absolute atomic E-state index is 14.4. The quantitative estimate of drug-likeness (QED) is 0.345. The molecule has 7 rings (SSSR count). The zero-order valence-electron chi connectivity index (χ0n) is 20.0. The van der Waals surface area contributed by atoms with Gasteiger partial charge in [0.25, 0.3) is 0 Å². The van der Waals surface area contributed by atoms with Gasteiger partial charge in [0.1, 0.15) is 11.5 Å². The maximum atomic E-state index is 14.4. The lowest BCUT2D eigenvalue weighted by Gasteiger charge is -2.37. The largest absolute Gasteiger partial charge is 0.461 e. The zero-order valence-corrected chi connectivity index (χ0v) is 20.8. The predicted molar refractivity (Wildman–Crippen MR) is 145 cm³/mol. The topological polar surface area (TPSA) is 79.6 Å². The number of anilines is 2. The smallest absolute Gasteiger partial charge is 0.238 e. The minimum atomic E-state index is -1.37. The van der Waals surface area contributed by atoms with Gasteiger partial charge in [0.05, 0.1) is 18.2 Å². The van der Waals surface area contributed by atoms with E-state index in [-0.39, 0.29) is 17.5 Å². The van der Waals surface area contributed by atoms with Crippen LogP contribution in [0.3, 0.4) is 0 Å². The van der Waals surface area contributed by atoms with E-state index < -0.39 is 29.2 Å². The summed E-state index contributed by atoms with van der Waals surface area (Å²) in [5.41, 5.74) is 1.97. The second-order valence-corrected chi connectivity index (χ2v) is 10.2. The van der Waals surface area contributed by atoms with Crippen molar-refractivity contribution in [1.29, 1.82) is 0 Å². The molecule has 38 heavy (non-hydrogen) atoms. The fourth-order valence-corrected chi connectivity index (χ4v) is 6.68. The summed E-state index contributed by atoms with van der Waals surface area (Å²) in [6.07, 6.45) is 5.26. The number of para-hydroxylation sites is 1. The molecule has 1 aromatic heterocycles. The lowest BCUT2D eigenvalue weighted by Crippen LogP contribution is -2.51. The van der Waals surface area contributed by atoms with Crippen LogP contribution in [0.25, 0.3) is 6.08 Å². The highest BCUT2D eigenvalue weighted by molar-refractivity contribution is 6.31. The Hall–Kier alpha value is -4.42. The van der Waals surface area contributed by atoms with Crippen LogP contribution in [0.4, 0.5) is 11.4 Å². The summed E-state index contributed by atoms with van der Waals surface area (Å²) >= 11 is 6.32. The molecule has 3 aliphatic heterocycles. The summed E-state index contributed by atoms with van der Waals surface area (Å²) in [6, 6.07) is 23.3. The molecule has 7 heteroatoms. The van der Waals surface area contributed by atoms with Crippen LogP contribution >= 0.6 is 11.6 Å². The third-order valence-corrected chi connectivity index (χ3v) is 8.20. The van der Waals surface area contributed by atoms with E-state index in [9.17, 15) is 14.4 Å². The third kappa shape index (κ3) is 2.98. The molecule has 0 unspecified atom stereocenters. The lowest BCUT2D eigenvalue weighted by atomic mass is 9.64. The number of amides is 1. The number of hydrogen-bond donors (Lipinski definition) is 1. The van der Waals surface area contributed by atoms with Crippen molar-refractivity contribution < 1.29 is 18.8 Å². The minimum absolute atomic E-state index is 0.109. The SMILES string of the molecule is O=C(c1ccccc1)[C@@H]1[C@H](C(=O)c2ccco2)[C@@]2(C(=O)Nc3ccccc32)[C@@H]2C=Cc3cc(Cl)ccc3N12. The van der Waals surface area contributed by atoms with Gasteiger partial charge >= 0.3 is 0 Å². The molecule has 4 aromatic rings. The molecule has 1 fully saturated rings. The van der Waals surface area contributed by atoms with Crippen molar-refractivity contribution in [2.24, 2.45) is 5.92 Å². The fourth-order valence-electron chi connectivity index (χ4n) is 6.50. The van der Waals surface area contributed by atoms with Crippen molar-refractivity contribution in [2.45, 2.75) is 17.5 Å². The first-order valence-electron chi connectivity index (χ1n) is 12.4. The van der Waals surface area contributed by atoms with Gasteiger partial charge in [0.15, 0.2) is 11.5 Å². The number of benzene rings is 3. The number of Topliss-reactive ketones (excluding diaryl/α,β-unsaturated/α-hetero) is 2. The van der Waals surface area contributed by atoms with Gasteiger partial charge in [-0.3, -0.25) is 14.4 Å². The van der Waals surface area contributed by atoms with Crippen molar-refractivity contribution in [3.63, 3.8) is 0 Å². The van der Waals surface area contributed by atoms with Crippen LogP contribution in [0.2, 0.25) is 5.02 Å². The van der Waals surface area contributed by atoms with Crippen molar-refractivity contribution in [3.8, 4) is 0 Å². The summed E-state index contributed by atoms with van der Waals surface area (Å²) < 4.78 is 5.56. The third-order valence-electron chi connectivity index (χ3n) is 7.97. The van der Waals surface area contributed by atoms with E-state index in [1.807, 2.05) is 59.5 Å². The minimum Gasteiger partial charge on any atom is -0.461 e. The van der Waals surface area contributed by atoms with E-state index >= 15 is 0 Å². The molecule has 0 bridgehead atoms. The van der Waals surface area contributed by atoms with Crippen molar-refractivity contribution in [3.05, 3.63) is 125 Å². The van der Waals surface area contributed by atoms with Gasteiger partial charge in [0.2, 0.25) is 11.7 Å². The average Bonchev–Trinajstić information content (AvgIpc) is 3.65. The number of carbonyl (C=O) groups excluding carboxylic acids is 3. The molecular formula is C31H21ClN2O4. The zero-order chi connectivity index (χ0) is 26.0. The number of hydrogen-bond acceptors (Lipinski definition) is 5. The molecule has 4 heterocycles. The first-order chi connectivity index (χ1) is 18.5. The number of nitrogens with one attached hydrogen (secondary N) is 1. The van der Waals surface area contributed by atoms with Gasteiger partial charge in [-0.15, -0.1) is 0 Å².